The van der Waals surface area contributed by atoms with Crippen LogP contribution in [-0.4, -0.2) is 16.0 Å². The summed E-state index contributed by atoms with van der Waals surface area (Å²) in [5.41, 5.74) is 5.29. The highest BCUT2D eigenvalue weighted by molar-refractivity contribution is 6.20. The summed E-state index contributed by atoms with van der Waals surface area (Å²) >= 11 is 0. The first-order valence-electron chi connectivity index (χ1n) is 3.47. The Morgan fingerprint density at radius 1 is 1.71 bits per heavy atom. The zero-order chi connectivity index (χ0) is 10.7. The number of hydrogen-bond donors (Lipinski definition) is 2. The van der Waals surface area contributed by atoms with Crippen molar-refractivity contribution in [2.45, 2.75) is 0 Å². The molecule has 1 aromatic heterocycles. The van der Waals surface area contributed by atoms with Crippen molar-refractivity contribution in [3.63, 3.8) is 0 Å². The van der Waals surface area contributed by atoms with Crippen molar-refractivity contribution in [2.75, 3.05) is 0 Å². The van der Waals surface area contributed by atoms with Gasteiger partial charge >= 0.3 is 5.88 Å². The third-order valence-electron chi connectivity index (χ3n) is 1.49. The lowest BCUT2D eigenvalue weighted by molar-refractivity contribution is -0.402. The number of nitrogens with two attached hydrogens (primary N) is 1. The molecule has 0 saturated heterocycles. The van der Waals surface area contributed by atoms with E-state index in [1.165, 1.54) is 6.07 Å². The van der Waals surface area contributed by atoms with Crippen LogP contribution in [0.15, 0.2) is 28.3 Å². The van der Waals surface area contributed by atoms with Crippen molar-refractivity contribution < 1.29 is 14.5 Å². The van der Waals surface area contributed by atoms with Crippen LogP contribution in [0, 0.1) is 10.1 Å². The maximum atomic E-state index is 10.2. The maximum absolute atomic E-state index is 10.2. The molecule has 0 radical (unpaired) electrons. The van der Waals surface area contributed by atoms with Crippen LogP contribution in [-0.2, 0) is 0 Å². The standard InChI is InChI=1S/C7H7N3O4/c1-4(7(8)9-11)5-2-3-6(14-5)10(12)13/h2-3,11H,1H2,(H2,8,9). The van der Waals surface area contributed by atoms with Crippen LogP contribution >= 0.6 is 0 Å². The van der Waals surface area contributed by atoms with Crippen LogP contribution in [0.1, 0.15) is 5.76 Å². The first-order valence-corrected chi connectivity index (χ1v) is 3.47. The number of amidine groups is 1. The molecule has 14 heavy (non-hydrogen) atoms. The lowest BCUT2D eigenvalue weighted by Gasteiger charge is -1.96. The second kappa shape index (κ2) is 3.60. The molecule has 7 nitrogen and oxygen atoms in total. The van der Waals surface area contributed by atoms with Gasteiger partial charge in [-0.2, -0.15) is 0 Å². The number of furan rings is 1. The Bertz CT molecular complexity index is 407. The van der Waals surface area contributed by atoms with Gasteiger partial charge in [0, 0.05) is 0 Å². The van der Waals surface area contributed by atoms with E-state index in [0.717, 1.165) is 6.07 Å². The van der Waals surface area contributed by atoms with E-state index in [1.807, 2.05) is 0 Å². The molecule has 1 heterocycles. The minimum absolute atomic E-state index is 0.0839. The van der Waals surface area contributed by atoms with Crippen molar-refractivity contribution >= 4 is 17.3 Å². The lowest BCUT2D eigenvalue weighted by Crippen LogP contribution is -2.12. The molecule has 0 atom stereocenters. The molecule has 0 bridgehead atoms. The van der Waals surface area contributed by atoms with Crippen molar-refractivity contribution in [3.05, 3.63) is 34.6 Å². The summed E-state index contributed by atoms with van der Waals surface area (Å²) < 4.78 is 4.76. The van der Waals surface area contributed by atoms with Crippen LogP contribution in [0.4, 0.5) is 5.88 Å². The average molecular weight is 197 g/mol. The van der Waals surface area contributed by atoms with Crippen molar-refractivity contribution in [3.8, 4) is 0 Å². The molecule has 0 saturated carbocycles. The van der Waals surface area contributed by atoms with E-state index in [-0.39, 0.29) is 17.2 Å². The van der Waals surface area contributed by atoms with E-state index < -0.39 is 10.8 Å². The van der Waals surface area contributed by atoms with Gasteiger partial charge in [0.25, 0.3) is 0 Å². The first kappa shape index (κ1) is 9.78. The number of rotatable bonds is 3. The van der Waals surface area contributed by atoms with Crippen LogP contribution in [0.5, 0.6) is 0 Å². The average Bonchev–Trinajstić information content (AvgIpc) is 2.64. The Morgan fingerprint density at radius 3 is 2.79 bits per heavy atom. The van der Waals surface area contributed by atoms with E-state index in [2.05, 4.69) is 11.7 Å². The third-order valence-corrected chi connectivity index (χ3v) is 1.49. The maximum Gasteiger partial charge on any atom is 0.433 e. The summed E-state index contributed by atoms with van der Waals surface area (Å²) in [5, 5.41) is 21.2. The SMILES string of the molecule is C=C(/C(N)=N/O)c1ccc([N+](=O)[O-])o1. The Balaban J connectivity index is 2.98. The number of oxime groups is 1. The molecule has 0 unspecified atom stereocenters. The molecule has 74 valence electrons. The van der Waals surface area contributed by atoms with Gasteiger partial charge in [0.15, 0.2) is 5.84 Å². The van der Waals surface area contributed by atoms with Gasteiger partial charge in [0.2, 0.25) is 0 Å². The van der Waals surface area contributed by atoms with Crippen molar-refractivity contribution in [1.82, 2.24) is 0 Å². The van der Waals surface area contributed by atoms with Crippen molar-refractivity contribution in [2.24, 2.45) is 10.9 Å². The van der Waals surface area contributed by atoms with Gasteiger partial charge < -0.3 is 15.4 Å². The molecule has 3 N–H and O–H groups in total. The zero-order valence-electron chi connectivity index (χ0n) is 7.01. The molecular formula is C7H7N3O4. The van der Waals surface area contributed by atoms with Gasteiger partial charge in [-0.15, -0.1) is 0 Å². The molecule has 0 aliphatic carbocycles. The van der Waals surface area contributed by atoms with Gasteiger partial charge in [-0.25, -0.2) is 0 Å². The lowest BCUT2D eigenvalue weighted by atomic mass is 10.2. The summed E-state index contributed by atoms with van der Waals surface area (Å²) in [6.07, 6.45) is 0. The highest BCUT2D eigenvalue weighted by Crippen LogP contribution is 2.21. The molecule has 0 aromatic carbocycles. The van der Waals surface area contributed by atoms with E-state index in [0.29, 0.717) is 0 Å². The van der Waals surface area contributed by atoms with Crippen molar-refractivity contribution in [1.29, 1.82) is 0 Å². The Kier molecular flexibility index (Phi) is 2.52. The molecule has 0 aliphatic heterocycles. The first-order chi connectivity index (χ1) is 6.56. The monoisotopic (exact) mass is 197 g/mol. The topological polar surface area (TPSA) is 115 Å². The highest BCUT2D eigenvalue weighted by atomic mass is 16.6. The molecule has 1 rings (SSSR count). The summed E-state index contributed by atoms with van der Waals surface area (Å²) in [4.78, 5) is 9.56. The van der Waals surface area contributed by atoms with Crippen LogP contribution in [0.3, 0.4) is 0 Å². The molecular weight excluding hydrogens is 190 g/mol. The smallest absolute Gasteiger partial charge is 0.409 e. The number of nitrogens with zero attached hydrogens (tertiary/aromatic N) is 2. The molecule has 0 aliphatic rings. The van der Waals surface area contributed by atoms with Gasteiger partial charge in [0.05, 0.1) is 11.6 Å². The summed E-state index contributed by atoms with van der Waals surface area (Å²) in [7, 11) is 0. The Morgan fingerprint density at radius 2 is 2.36 bits per heavy atom. The number of hydrogen-bond acceptors (Lipinski definition) is 5. The predicted octanol–water partition coefficient (Wildman–Crippen LogP) is 0.947. The van der Waals surface area contributed by atoms with Crippen LogP contribution in [0.2, 0.25) is 0 Å². The minimum Gasteiger partial charge on any atom is -0.409 e. The second-order valence-electron chi connectivity index (χ2n) is 2.36. The predicted molar refractivity (Wildman–Crippen MR) is 47.8 cm³/mol. The van der Waals surface area contributed by atoms with E-state index >= 15 is 0 Å². The van der Waals surface area contributed by atoms with E-state index in [9.17, 15) is 10.1 Å². The minimum atomic E-state index is -0.691. The van der Waals surface area contributed by atoms with E-state index in [4.69, 9.17) is 15.4 Å². The summed E-state index contributed by atoms with van der Waals surface area (Å²) in [6.45, 7) is 3.44. The van der Waals surface area contributed by atoms with Gasteiger partial charge in [-0.3, -0.25) is 10.1 Å². The Hall–Kier alpha value is -2.31. The fourth-order valence-electron chi connectivity index (χ4n) is 0.775. The van der Waals surface area contributed by atoms with Crippen LogP contribution < -0.4 is 5.73 Å². The quantitative estimate of drug-likeness (QED) is 0.246. The molecule has 7 heteroatoms. The van der Waals surface area contributed by atoms with E-state index in [1.54, 1.807) is 0 Å². The fraction of sp³-hybridized carbons (Fsp3) is 0. The summed E-state index contributed by atoms with van der Waals surface area (Å²) in [5.74, 6) is -0.590. The molecule has 0 amide bonds. The summed E-state index contributed by atoms with van der Waals surface area (Å²) in [6, 6.07) is 2.48. The largest absolute Gasteiger partial charge is 0.433 e. The molecule has 0 spiro atoms. The highest BCUT2D eigenvalue weighted by Gasteiger charge is 2.15. The number of nitro groups is 1. The molecule has 0 fully saturated rings. The zero-order valence-corrected chi connectivity index (χ0v) is 7.01. The van der Waals surface area contributed by atoms with Gasteiger partial charge in [-0.1, -0.05) is 11.7 Å². The van der Waals surface area contributed by atoms with Gasteiger partial charge in [0.1, 0.15) is 10.7 Å². The second-order valence-corrected chi connectivity index (χ2v) is 2.36. The van der Waals surface area contributed by atoms with Crippen LogP contribution in [0.25, 0.3) is 5.57 Å². The third kappa shape index (κ3) is 1.71. The fourth-order valence-corrected chi connectivity index (χ4v) is 0.775. The Labute approximate surface area is 78.3 Å². The van der Waals surface area contributed by atoms with Gasteiger partial charge in [-0.05, 0) is 6.07 Å². The molecule has 1 aromatic rings. The normalized spacial score (nSPS) is 11.3.